The molecule has 1 aliphatic rings. The second kappa shape index (κ2) is 10.7. The lowest BCUT2D eigenvalue weighted by Crippen LogP contribution is -2.49. The molecular formula is C14H31IN4. The summed E-state index contributed by atoms with van der Waals surface area (Å²) in [6, 6.07) is 1.25. The minimum atomic E-state index is 0. The van der Waals surface area contributed by atoms with Crippen molar-refractivity contribution in [2.75, 3.05) is 26.2 Å². The van der Waals surface area contributed by atoms with Gasteiger partial charge in [-0.05, 0) is 40.0 Å². The topological polar surface area (TPSA) is 39.7 Å². The smallest absolute Gasteiger partial charge is 0.191 e. The Kier molecular flexibility index (Phi) is 10.7. The number of hydrogen-bond donors (Lipinski definition) is 2. The van der Waals surface area contributed by atoms with Gasteiger partial charge in [0.05, 0.1) is 0 Å². The molecule has 0 aromatic heterocycles. The fourth-order valence-corrected chi connectivity index (χ4v) is 2.30. The SMILES string of the molecule is CCCN=C(NCC)NC1CCN(C(C)C)CC1.I. The van der Waals surface area contributed by atoms with E-state index in [1.165, 1.54) is 25.9 Å². The van der Waals surface area contributed by atoms with E-state index in [0.717, 1.165) is 25.5 Å². The molecule has 5 heteroatoms. The molecule has 0 atom stereocenters. The minimum Gasteiger partial charge on any atom is -0.357 e. The molecule has 1 heterocycles. The second-order valence-electron chi connectivity index (χ2n) is 5.31. The molecule has 1 saturated heterocycles. The van der Waals surface area contributed by atoms with Crippen molar-refractivity contribution >= 4 is 29.9 Å². The monoisotopic (exact) mass is 382 g/mol. The first-order valence-corrected chi connectivity index (χ1v) is 7.46. The van der Waals surface area contributed by atoms with Crippen LogP contribution in [0, 0.1) is 0 Å². The maximum Gasteiger partial charge on any atom is 0.191 e. The van der Waals surface area contributed by atoms with Crippen LogP contribution in [0.4, 0.5) is 0 Å². The lowest BCUT2D eigenvalue weighted by Gasteiger charge is -2.35. The van der Waals surface area contributed by atoms with Crippen molar-refractivity contribution in [2.24, 2.45) is 4.99 Å². The molecular weight excluding hydrogens is 351 g/mol. The number of halogens is 1. The number of aliphatic imine (C=N–C) groups is 1. The normalized spacial score (nSPS) is 18.3. The molecule has 0 aromatic rings. The summed E-state index contributed by atoms with van der Waals surface area (Å²) in [4.78, 5) is 7.11. The number of nitrogens with zero attached hydrogens (tertiary/aromatic N) is 2. The van der Waals surface area contributed by atoms with E-state index in [1.807, 2.05) is 0 Å². The van der Waals surface area contributed by atoms with Gasteiger partial charge in [-0.3, -0.25) is 4.99 Å². The summed E-state index contributed by atoms with van der Waals surface area (Å²) in [5.74, 6) is 0.988. The first-order valence-electron chi connectivity index (χ1n) is 7.46. The Bertz CT molecular complexity index is 248. The van der Waals surface area contributed by atoms with E-state index in [4.69, 9.17) is 0 Å². The molecule has 0 aliphatic carbocycles. The van der Waals surface area contributed by atoms with Gasteiger partial charge in [-0.2, -0.15) is 0 Å². The lowest BCUT2D eigenvalue weighted by molar-refractivity contribution is 0.167. The zero-order valence-corrected chi connectivity index (χ0v) is 15.2. The maximum absolute atomic E-state index is 4.56. The summed E-state index contributed by atoms with van der Waals surface area (Å²) in [5, 5.41) is 6.89. The predicted octanol–water partition coefficient (Wildman–Crippen LogP) is 2.44. The molecule has 0 amide bonds. The van der Waals surface area contributed by atoms with Crippen LogP contribution in [0.15, 0.2) is 4.99 Å². The summed E-state index contributed by atoms with van der Waals surface area (Å²) >= 11 is 0. The number of guanidine groups is 1. The van der Waals surface area contributed by atoms with Crippen LogP contribution in [0.2, 0.25) is 0 Å². The van der Waals surface area contributed by atoms with Gasteiger partial charge in [0, 0.05) is 38.3 Å². The summed E-state index contributed by atoms with van der Waals surface area (Å²) in [6.45, 7) is 13.1. The van der Waals surface area contributed by atoms with Gasteiger partial charge in [-0.1, -0.05) is 6.92 Å². The Morgan fingerprint density at radius 3 is 2.37 bits per heavy atom. The quantitative estimate of drug-likeness (QED) is 0.436. The Labute approximate surface area is 135 Å². The van der Waals surface area contributed by atoms with Crippen molar-refractivity contribution in [2.45, 2.75) is 59.0 Å². The summed E-state index contributed by atoms with van der Waals surface area (Å²) in [6.07, 6.45) is 3.53. The van der Waals surface area contributed by atoms with Crippen molar-refractivity contribution in [3.8, 4) is 0 Å². The van der Waals surface area contributed by atoms with E-state index in [0.29, 0.717) is 12.1 Å². The molecule has 1 rings (SSSR count). The van der Waals surface area contributed by atoms with Crippen molar-refractivity contribution in [3.63, 3.8) is 0 Å². The number of nitrogens with one attached hydrogen (secondary N) is 2. The number of rotatable bonds is 5. The van der Waals surface area contributed by atoms with Gasteiger partial charge in [-0.15, -0.1) is 24.0 Å². The van der Waals surface area contributed by atoms with Gasteiger partial charge >= 0.3 is 0 Å². The summed E-state index contributed by atoms with van der Waals surface area (Å²) in [7, 11) is 0. The van der Waals surface area contributed by atoms with Gasteiger partial charge in [0.25, 0.3) is 0 Å². The molecule has 0 unspecified atom stereocenters. The average molecular weight is 382 g/mol. The number of likely N-dealkylation sites (tertiary alicyclic amines) is 1. The largest absolute Gasteiger partial charge is 0.357 e. The maximum atomic E-state index is 4.56. The van der Waals surface area contributed by atoms with Crippen molar-refractivity contribution in [1.82, 2.24) is 15.5 Å². The highest BCUT2D eigenvalue weighted by Gasteiger charge is 2.21. The first kappa shape index (κ1) is 19.0. The van der Waals surface area contributed by atoms with Crippen LogP contribution in [0.1, 0.15) is 47.0 Å². The molecule has 114 valence electrons. The Morgan fingerprint density at radius 2 is 1.89 bits per heavy atom. The molecule has 0 saturated carbocycles. The zero-order valence-electron chi connectivity index (χ0n) is 12.9. The molecule has 1 fully saturated rings. The van der Waals surface area contributed by atoms with E-state index in [9.17, 15) is 0 Å². The van der Waals surface area contributed by atoms with Gasteiger partial charge in [0.15, 0.2) is 5.96 Å². The van der Waals surface area contributed by atoms with E-state index in [-0.39, 0.29) is 24.0 Å². The highest BCUT2D eigenvalue weighted by Crippen LogP contribution is 2.12. The molecule has 4 nitrogen and oxygen atoms in total. The first-order chi connectivity index (χ1) is 8.67. The standard InChI is InChI=1S/C14H30N4.HI/c1-5-9-16-14(15-6-2)17-13-7-10-18(11-8-13)12(3)4;/h12-13H,5-11H2,1-4H3,(H2,15,16,17);1H. The molecule has 2 N–H and O–H groups in total. The number of piperidine rings is 1. The van der Waals surface area contributed by atoms with E-state index in [2.05, 4.69) is 48.2 Å². The van der Waals surface area contributed by atoms with Crippen LogP contribution in [0.5, 0.6) is 0 Å². The van der Waals surface area contributed by atoms with E-state index >= 15 is 0 Å². The third-order valence-electron chi connectivity index (χ3n) is 3.44. The number of hydrogen-bond acceptors (Lipinski definition) is 2. The summed E-state index contributed by atoms with van der Waals surface area (Å²) < 4.78 is 0. The fraction of sp³-hybridized carbons (Fsp3) is 0.929. The molecule has 0 bridgehead atoms. The second-order valence-corrected chi connectivity index (χ2v) is 5.31. The van der Waals surface area contributed by atoms with Crippen LogP contribution in [0.3, 0.4) is 0 Å². The predicted molar refractivity (Wildman–Crippen MR) is 94.6 cm³/mol. The minimum absolute atomic E-state index is 0. The average Bonchev–Trinajstić information content (AvgIpc) is 2.37. The highest BCUT2D eigenvalue weighted by atomic mass is 127. The van der Waals surface area contributed by atoms with Crippen molar-refractivity contribution < 1.29 is 0 Å². The third-order valence-corrected chi connectivity index (χ3v) is 3.44. The Hall–Kier alpha value is -0.0400. The van der Waals surface area contributed by atoms with E-state index < -0.39 is 0 Å². The van der Waals surface area contributed by atoms with E-state index in [1.54, 1.807) is 0 Å². The Morgan fingerprint density at radius 1 is 1.26 bits per heavy atom. The lowest BCUT2D eigenvalue weighted by atomic mass is 10.0. The molecule has 1 aliphatic heterocycles. The van der Waals surface area contributed by atoms with Crippen LogP contribution < -0.4 is 10.6 Å². The fourth-order valence-electron chi connectivity index (χ4n) is 2.30. The molecule has 0 spiro atoms. The highest BCUT2D eigenvalue weighted by molar-refractivity contribution is 14.0. The van der Waals surface area contributed by atoms with Gasteiger partial charge < -0.3 is 15.5 Å². The van der Waals surface area contributed by atoms with Crippen LogP contribution in [0.25, 0.3) is 0 Å². The third kappa shape index (κ3) is 7.34. The molecule has 0 aromatic carbocycles. The van der Waals surface area contributed by atoms with Gasteiger partial charge in [-0.25, -0.2) is 0 Å². The van der Waals surface area contributed by atoms with Crippen LogP contribution in [-0.4, -0.2) is 49.1 Å². The summed E-state index contributed by atoms with van der Waals surface area (Å²) in [5.41, 5.74) is 0. The molecule has 19 heavy (non-hydrogen) atoms. The zero-order chi connectivity index (χ0) is 13.4. The van der Waals surface area contributed by atoms with Crippen LogP contribution in [-0.2, 0) is 0 Å². The molecule has 0 radical (unpaired) electrons. The van der Waals surface area contributed by atoms with Gasteiger partial charge in [0.1, 0.15) is 0 Å². The van der Waals surface area contributed by atoms with Gasteiger partial charge in [0.2, 0.25) is 0 Å². The van der Waals surface area contributed by atoms with Crippen molar-refractivity contribution in [3.05, 3.63) is 0 Å². The Balaban J connectivity index is 0.00000324. The van der Waals surface area contributed by atoms with Crippen LogP contribution >= 0.6 is 24.0 Å². The van der Waals surface area contributed by atoms with Crippen molar-refractivity contribution in [1.29, 1.82) is 0 Å².